The van der Waals surface area contributed by atoms with E-state index in [0.717, 1.165) is 11.3 Å². The van der Waals surface area contributed by atoms with E-state index in [-0.39, 0.29) is 43.3 Å². The van der Waals surface area contributed by atoms with E-state index in [1.54, 1.807) is 21.9 Å². The normalized spacial score (nSPS) is 16.7. The molecule has 38 heavy (non-hydrogen) atoms. The van der Waals surface area contributed by atoms with Crippen LogP contribution >= 0.6 is 0 Å². The number of carbonyl (C=O) groups is 3. The Morgan fingerprint density at radius 2 is 1.45 bits per heavy atom. The third-order valence-corrected chi connectivity index (χ3v) is 7.29. The van der Waals surface area contributed by atoms with Crippen LogP contribution in [0.15, 0.2) is 78.9 Å². The van der Waals surface area contributed by atoms with E-state index in [1.807, 2.05) is 35.2 Å². The molecule has 0 aliphatic carbocycles. The maximum atomic E-state index is 13.8. The Morgan fingerprint density at radius 3 is 2.08 bits per heavy atom. The minimum atomic E-state index is -0.877. The number of hydrogen-bond donors (Lipinski definition) is 1. The summed E-state index contributed by atoms with van der Waals surface area (Å²) in [5.41, 5.74) is 1.15. The Morgan fingerprint density at radius 1 is 0.842 bits per heavy atom. The molecule has 0 bridgehead atoms. The molecule has 0 atom stereocenters. The van der Waals surface area contributed by atoms with Crippen molar-refractivity contribution in [3.05, 3.63) is 102 Å². The van der Waals surface area contributed by atoms with Gasteiger partial charge in [-0.15, -0.1) is 0 Å². The predicted octanol–water partition coefficient (Wildman–Crippen LogP) is 3.56. The molecular weight excluding hydrogens is 490 g/mol. The smallest absolute Gasteiger partial charge is 0.253 e. The van der Waals surface area contributed by atoms with Gasteiger partial charge in [-0.25, -0.2) is 8.78 Å². The van der Waals surface area contributed by atoms with Gasteiger partial charge in [0.05, 0.1) is 6.67 Å². The summed E-state index contributed by atoms with van der Waals surface area (Å²) in [5.74, 6) is -1.41. The van der Waals surface area contributed by atoms with Crippen LogP contribution in [-0.2, 0) is 16.1 Å². The Kier molecular flexibility index (Phi) is 7.09. The van der Waals surface area contributed by atoms with Crippen LogP contribution in [0.3, 0.4) is 0 Å². The lowest BCUT2D eigenvalue weighted by molar-refractivity contribution is -0.137. The fraction of sp³-hybridized carbons (Fsp3) is 0.276. The van der Waals surface area contributed by atoms with Crippen LogP contribution in [0.25, 0.3) is 0 Å². The molecule has 0 saturated carbocycles. The molecule has 3 amide bonds. The van der Waals surface area contributed by atoms with E-state index in [9.17, 15) is 23.2 Å². The summed E-state index contributed by atoms with van der Waals surface area (Å²) in [7, 11) is 0. The van der Waals surface area contributed by atoms with Crippen molar-refractivity contribution in [3.8, 4) is 0 Å². The first kappa shape index (κ1) is 25.4. The molecule has 2 heterocycles. The van der Waals surface area contributed by atoms with E-state index in [0.29, 0.717) is 31.5 Å². The summed E-state index contributed by atoms with van der Waals surface area (Å²) in [6, 6.07) is 20.9. The van der Waals surface area contributed by atoms with E-state index in [4.69, 9.17) is 0 Å². The second-order valence-corrected chi connectivity index (χ2v) is 9.64. The third kappa shape index (κ3) is 5.09. The largest absolute Gasteiger partial charge is 0.350 e. The van der Waals surface area contributed by atoms with Crippen molar-refractivity contribution < 1.29 is 23.2 Å². The van der Waals surface area contributed by atoms with Crippen molar-refractivity contribution in [2.75, 3.05) is 31.2 Å². The number of hydrogen-bond acceptors (Lipinski definition) is 4. The Bertz CT molecular complexity index is 1310. The molecule has 2 fully saturated rings. The maximum absolute atomic E-state index is 13.8. The fourth-order valence-corrected chi connectivity index (χ4v) is 5.21. The summed E-state index contributed by atoms with van der Waals surface area (Å²) in [5, 5.41) is 2.80. The average molecular weight is 519 g/mol. The number of carbonyl (C=O) groups excluding carboxylic acids is 3. The molecule has 3 aromatic rings. The average Bonchev–Trinajstić information content (AvgIpc) is 3.20. The molecule has 2 saturated heterocycles. The molecular formula is C29H28F2N4O3. The van der Waals surface area contributed by atoms with Gasteiger partial charge in [-0.2, -0.15) is 0 Å². The molecule has 0 unspecified atom stereocenters. The number of anilines is 1. The molecule has 196 valence electrons. The number of nitrogens with one attached hydrogen (secondary N) is 1. The van der Waals surface area contributed by atoms with Gasteiger partial charge in [0, 0.05) is 30.9 Å². The number of rotatable bonds is 6. The quantitative estimate of drug-likeness (QED) is 0.542. The van der Waals surface area contributed by atoms with Crippen LogP contribution in [0.2, 0.25) is 0 Å². The molecule has 1 N–H and O–H groups in total. The number of amides is 3. The molecule has 9 heteroatoms. The van der Waals surface area contributed by atoms with Crippen LogP contribution in [0.5, 0.6) is 0 Å². The summed E-state index contributed by atoms with van der Waals surface area (Å²) in [6.07, 6.45) is 0.808. The van der Waals surface area contributed by atoms with Gasteiger partial charge in [0.1, 0.15) is 23.7 Å². The van der Waals surface area contributed by atoms with Crippen LogP contribution in [0.1, 0.15) is 28.8 Å². The standard InChI is InChI=1S/C29H28F2N4O3/c30-23-10-6-21(7-11-23)18-32-26(36)19-34-20-35(25-4-2-1-3-5-25)29(28(34)38)14-16-33(17-15-29)27(37)22-8-12-24(31)13-9-22/h1-13H,14-20H2,(H,32,36). The summed E-state index contributed by atoms with van der Waals surface area (Å²) in [6.45, 7) is 1.09. The zero-order valence-corrected chi connectivity index (χ0v) is 20.8. The molecule has 0 radical (unpaired) electrons. The Labute approximate surface area is 219 Å². The van der Waals surface area contributed by atoms with Crippen molar-refractivity contribution in [3.63, 3.8) is 0 Å². The van der Waals surface area contributed by atoms with Gasteiger partial charge < -0.3 is 20.0 Å². The zero-order chi connectivity index (χ0) is 26.7. The van der Waals surface area contributed by atoms with Crippen LogP contribution in [0.4, 0.5) is 14.5 Å². The highest BCUT2D eigenvalue weighted by Crippen LogP contribution is 2.39. The van der Waals surface area contributed by atoms with E-state index < -0.39 is 11.4 Å². The van der Waals surface area contributed by atoms with Gasteiger partial charge in [0.15, 0.2) is 0 Å². The Hall–Kier alpha value is -4.27. The topological polar surface area (TPSA) is 73.0 Å². The van der Waals surface area contributed by atoms with E-state index in [1.165, 1.54) is 36.4 Å². The molecule has 2 aliphatic rings. The second kappa shape index (κ2) is 10.6. The molecule has 5 rings (SSSR count). The van der Waals surface area contributed by atoms with Crippen molar-refractivity contribution in [1.82, 2.24) is 15.1 Å². The SMILES string of the molecule is O=C(CN1CN(c2ccccc2)C2(CCN(C(=O)c3ccc(F)cc3)CC2)C1=O)NCc1ccc(F)cc1. The summed E-state index contributed by atoms with van der Waals surface area (Å²) >= 11 is 0. The lowest BCUT2D eigenvalue weighted by Crippen LogP contribution is -2.57. The van der Waals surface area contributed by atoms with Gasteiger partial charge in [-0.1, -0.05) is 30.3 Å². The second-order valence-electron chi connectivity index (χ2n) is 9.64. The molecule has 7 nitrogen and oxygen atoms in total. The lowest BCUT2D eigenvalue weighted by Gasteiger charge is -2.43. The Balaban J connectivity index is 1.29. The number of halogens is 2. The third-order valence-electron chi connectivity index (χ3n) is 7.29. The van der Waals surface area contributed by atoms with Gasteiger partial charge in [0.25, 0.3) is 11.8 Å². The first-order chi connectivity index (χ1) is 18.4. The van der Waals surface area contributed by atoms with Crippen LogP contribution in [0, 0.1) is 11.6 Å². The fourth-order valence-electron chi connectivity index (χ4n) is 5.21. The number of nitrogens with zero attached hydrogens (tertiary/aromatic N) is 3. The van der Waals surface area contributed by atoms with Crippen molar-refractivity contribution >= 4 is 23.4 Å². The van der Waals surface area contributed by atoms with Gasteiger partial charge in [-0.3, -0.25) is 14.4 Å². The first-order valence-electron chi connectivity index (χ1n) is 12.5. The van der Waals surface area contributed by atoms with Crippen molar-refractivity contribution in [2.45, 2.75) is 24.9 Å². The van der Waals surface area contributed by atoms with E-state index in [2.05, 4.69) is 5.32 Å². The number of likely N-dealkylation sites (tertiary alicyclic amines) is 1. The number of piperidine rings is 1. The van der Waals surface area contributed by atoms with Gasteiger partial charge >= 0.3 is 0 Å². The van der Waals surface area contributed by atoms with E-state index >= 15 is 0 Å². The van der Waals surface area contributed by atoms with Crippen molar-refractivity contribution in [1.29, 1.82) is 0 Å². The minimum Gasteiger partial charge on any atom is -0.350 e. The highest BCUT2D eigenvalue weighted by atomic mass is 19.1. The van der Waals surface area contributed by atoms with Crippen LogP contribution in [-0.4, -0.2) is 59.4 Å². The zero-order valence-electron chi connectivity index (χ0n) is 20.8. The first-order valence-corrected chi connectivity index (χ1v) is 12.5. The maximum Gasteiger partial charge on any atom is 0.253 e. The molecule has 2 aliphatic heterocycles. The summed E-state index contributed by atoms with van der Waals surface area (Å²) < 4.78 is 26.4. The highest BCUT2D eigenvalue weighted by molar-refractivity contribution is 5.97. The lowest BCUT2D eigenvalue weighted by atomic mass is 9.85. The molecule has 1 spiro atoms. The molecule has 3 aromatic carbocycles. The summed E-state index contributed by atoms with van der Waals surface area (Å²) in [4.78, 5) is 44.8. The van der Waals surface area contributed by atoms with Gasteiger partial charge in [0.2, 0.25) is 5.91 Å². The van der Waals surface area contributed by atoms with Crippen LogP contribution < -0.4 is 10.2 Å². The van der Waals surface area contributed by atoms with Gasteiger partial charge in [-0.05, 0) is 66.9 Å². The molecule has 0 aromatic heterocycles. The predicted molar refractivity (Wildman–Crippen MR) is 138 cm³/mol. The monoisotopic (exact) mass is 518 g/mol. The number of para-hydroxylation sites is 1. The highest BCUT2D eigenvalue weighted by Gasteiger charge is 2.54. The minimum absolute atomic E-state index is 0.108. The van der Waals surface area contributed by atoms with Crippen molar-refractivity contribution in [2.24, 2.45) is 0 Å². The number of benzene rings is 3.